The molecule has 0 aliphatic carbocycles. The van der Waals surface area contributed by atoms with Crippen LogP contribution in [-0.2, 0) is 4.79 Å². The summed E-state index contributed by atoms with van der Waals surface area (Å²) in [5, 5.41) is 2.38. The smallest absolute Gasteiger partial charge is 0.255 e. The van der Waals surface area contributed by atoms with E-state index in [1.807, 2.05) is 0 Å². The average Bonchev–Trinajstić information content (AvgIpc) is 2.15. The molecule has 3 N–H and O–H groups in total. The summed E-state index contributed by atoms with van der Waals surface area (Å²) in [6.45, 7) is 4.64. The lowest BCUT2D eigenvalue weighted by molar-refractivity contribution is -0.122. The minimum atomic E-state index is -1.21. The van der Waals surface area contributed by atoms with Gasteiger partial charge in [-0.3, -0.25) is 9.59 Å². The summed E-state index contributed by atoms with van der Waals surface area (Å²) in [6, 6.07) is 4.25. The number of nitrogens with one attached hydrogen (secondary N) is 1. The van der Waals surface area contributed by atoms with Crippen LogP contribution in [0.3, 0.4) is 0 Å². The molecule has 0 heterocycles. The van der Waals surface area contributed by atoms with Gasteiger partial charge in [-0.1, -0.05) is 6.07 Å². The molecule has 4 nitrogen and oxygen atoms in total. The van der Waals surface area contributed by atoms with Crippen molar-refractivity contribution in [3.63, 3.8) is 0 Å². The van der Waals surface area contributed by atoms with Gasteiger partial charge in [0.25, 0.3) is 5.91 Å². The highest BCUT2D eigenvalue weighted by Crippen LogP contribution is 2.11. The van der Waals surface area contributed by atoms with Crippen LogP contribution in [0.1, 0.15) is 29.8 Å². The molecule has 2 amide bonds. The topological polar surface area (TPSA) is 72.2 Å². The zero-order chi connectivity index (χ0) is 13.2. The lowest BCUT2D eigenvalue weighted by Gasteiger charge is -2.22. The van der Waals surface area contributed by atoms with Gasteiger partial charge in [0, 0.05) is 0 Å². The van der Waals surface area contributed by atoms with Crippen LogP contribution in [-0.4, -0.2) is 17.4 Å². The Morgan fingerprint density at radius 1 is 1.35 bits per heavy atom. The van der Waals surface area contributed by atoms with Gasteiger partial charge in [-0.05, 0) is 38.5 Å². The van der Waals surface area contributed by atoms with Crippen LogP contribution in [0.4, 0.5) is 4.39 Å². The van der Waals surface area contributed by atoms with Gasteiger partial charge in [0.1, 0.15) is 11.4 Å². The molecule has 0 saturated carbocycles. The largest absolute Gasteiger partial charge is 0.368 e. The van der Waals surface area contributed by atoms with E-state index < -0.39 is 23.2 Å². The third kappa shape index (κ3) is 3.03. The molecule has 17 heavy (non-hydrogen) atoms. The van der Waals surface area contributed by atoms with Gasteiger partial charge in [0.15, 0.2) is 0 Å². The van der Waals surface area contributed by atoms with Gasteiger partial charge in [-0.15, -0.1) is 0 Å². The first-order chi connectivity index (χ1) is 7.74. The monoisotopic (exact) mass is 238 g/mol. The molecule has 1 aromatic rings. The van der Waals surface area contributed by atoms with Crippen molar-refractivity contribution in [2.24, 2.45) is 5.73 Å². The molecule has 0 fully saturated rings. The van der Waals surface area contributed by atoms with Crippen molar-refractivity contribution in [2.75, 3.05) is 0 Å². The normalized spacial score (nSPS) is 11.1. The number of rotatable bonds is 3. The van der Waals surface area contributed by atoms with Crippen molar-refractivity contribution < 1.29 is 14.0 Å². The first kappa shape index (κ1) is 13.2. The van der Waals surface area contributed by atoms with E-state index in [0.717, 1.165) is 0 Å². The van der Waals surface area contributed by atoms with Crippen LogP contribution in [0, 0.1) is 12.7 Å². The van der Waals surface area contributed by atoms with E-state index in [2.05, 4.69) is 5.32 Å². The van der Waals surface area contributed by atoms with Crippen molar-refractivity contribution >= 4 is 11.8 Å². The fourth-order valence-corrected chi connectivity index (χ4v) is 1.22. The van der Waals surface area contributed by atoms with E-state index in [4.69, 9.17) is 5.73 Å². The molecule has 0 spiro atoms. The Morgan fingerprint density at radius 3 is 2.41 bits per heavy atom. The number of amides is 2. The van der Waals surface area contributed by atoms with Gasteiger partial charge in [0.05, 0.1) is 5.56 Å². The molecule has 5 heteroatoms. The van der Waals surface area contributed by atoms with Crippen LogP contribution in [0.2, 0.25) is 0 Å². The molecule has 0 aliphatic heterocycles. The van der Waals surface area contributed by atoms with Crippen LogP contribution in [0.15, 0.2) is 18.2 Å². The predicted octanol–water partition coefficient (Wildman–Crippen LogP) is 1.13. The number of aryl methyl sites for hydroxylation is 1. The molecule has 0 aromatic heterocycles. The molecule has 1 rings (SSSR count). The van der Waals surface area contributed by atoms with E-state index in [0.29, 0.717) is 5.56 Å². The first-order valence-electron chi connectivity index (χ1n) is 5.12. The number of primary amides is 1. The molecule has 92 valence electrons. The summed E-state index contributed by atoms with van der Waals surface area (Å²) in [5.74, 6) is -1.97. The average molecular weight is 238 g/mol. The highest BCUT2D eigenvalue weighted by atomic mass is 19.1. The number of benzene rings is 1. The van der Waals surface area contributed by atoms with Crippen molar-refractivity contribution in [3.8, 4) is 0 Å². The highest BCUT2D eigenvalue weighted by Gasteiger charge is 2.28. The zero-order valence-electron chi connectivity index (χ0n) is 10.0. The number of carbonyl (C=O) groups is 2. The molecule has 0 unspecified atom stereocenters. The molecule has 0 saturated heterocycles. The maximum Gasteiger partial charge on any atom is 0.255 e. The van der Waals surface area contributed by atoms with Crippen LogP contribution >= 0.6 is 0 Å². The molecule has 0 aliphatic rings. The molecule has 0 radical (unpaired) electrons. The summed E-state index contributed by atoms with van der Waals surface area (Å²) >= 11 is 0. The maximum absolute atomic E-state index is 13.5. The number of hydrogen-bond acceptors (Lipinski definition) is 2. The highest BCUT2D eigenvalue weighted by molar-refractivity contribution is 5.98. The lowest BCUT2D eigenvalue weighted by atomic mass is 10.0. The summed E-state index contributed by atoms with van der Waals surface area (Å²) < 4.78 is 13.5. The second kappa shape index (κ2) is 4.53. The van der Waals surface area contributed by atoms with Gasteiger partial charge in [0.2, 0.25) is 5.91 Å². The standard InChI is InChI=1S/C12H15FN2O2/c1-7-4-5-8(9(13)6-7)10(16)15-12(2,3)11(14)17/h4-6H,1-3H3,(H2,14,17)(H,15,16). The van der Waals surface area contributed by atoms with Crippen LogP contribution in [0.5, 0.6) is 0 Å². The molecule has 1 aromatic carbocycles. The van der Waals surface area contributed by atoms with E-state index >= 15 is 0 Å². The fourth-order valence-electron chi connectivity index (χ4n) is 1.22. The molecular weight excluding hydrogens is 223 g/mol. The third-order valence-electron chi connectivity index (χ3n) is 2.41. The number of carbonyl (C=O) groups excluding carboxylic acids is 2. The second-order valence-corrected chi connectivity index (χ2v) is 4.43. The van der Waals surface area contributed by atoms with Gasteiger partial charge >= 0.3 is 0 Å². The fraction of sp³-hybridized carbons (Fsp3) is 0.333. The van der Waals surface area contributed by atoms with E-state index in [-0.39, 0.29) is 5.56 Å². The summed E-state index contributed by atoms with van der Waals surface area (Å²) in [6.07, 6.45) is 0. The van der Waals surface area contributed by atoms with Crippen molar-refractivity contribution in [3.05, 3.63) is 35.1 Å². The molecule has 0 bridgehead atoms. The van der Waals surface area contributed by atoms with Crippen molar-refractivity contribution in [1.29, 1.82) is 0 Å². The number of hydrogen-bond donors (Lipinski definition) is 2. The SMILES string of the molecule is Cc1ccc(C(=O)NC(C)(C)C(N)=O)c(F)c1. The maximum atomic E-state index is 13.5. The Balaban J connectivity index is 2.95. The molecular formula is C12H15FN2O2. The minimum absolute atomic E-state index is 0.107. The van der Waals surface area contributed by atoms with E-state index in [1.54, 1.807) is 13.0 Å². The van der Waals surface area contributed by atoms with Crippen molar-refractivity contribution in [1.82, 2.24) is 5.32 Å². The molecule has 0 atom stereocenters. The minimum Gasteiger partial charge on any atom is -0.368 e. The number of halogens is 1. The Morgan fingerprint density at radius 2 is 1.94 bits per heavy atom. The first-order valence-corrected chi connectivity index (χ1v) is 5.12. The summed E-state index contributed by atoms with van der Waals surface area (Å²) in [4.78, 5) is 22.8. The Hall–Kier alpha value is -1.91. The second-order valence-electron chi connectivity index (χ2n) is 4.43. The predicted molar refractivity (Wildman–Crippen MR) is 61.9 cm³/mol. The van der Waals surface area contributed by atoms with Gasteiger partial charge in [-0.2, -0.15) is 0 Å². The van der Waals surface area contributed by atoms with Crippen LogP contribution in [0.25, 0.3) is 0 Å². The quantitative estimate of drug-likeness (QED) is 0.828. The van der Waals surface area contributed by atoms with Crippen molar-refractivity contribution in [2.45, 2.75) is 26.3 Å². The van der Waals surface area contributed by atoms with Gasteiger partial charge in [-0.25, -0.2) is 4.39 Å². The third-order valence-corrected chi connectivity index (χ3v) is 2.41. The lowest BCUT2D eigenvalue weighted by Crippen LogP contribution is -2.53. The van der Waals surface area contributed by atoms with E-state index in [1.165, 1.54) is 26.0 Å². The van der Waals surface area contributed by atoms with Crippen LogP contribution < -0.4 is 11.1 Å². The zero-order valence-corrected chi connectivity index (χ0v) is 10.0. The summed E-state index contributed by atoms with van der Waals surface area (Å²) in [5.41, 5.74) is 4.51. The number of nitrogens with two attached hydrogens (primary N) is 1. The van der Waals surface area contributed by atoms with Gasteiger partial charge < -0.3 is 11.1 Å². The summed E-state index contributed by atoms with van der Waals surface area (Å²) in [7, 11) is 0. The Bertz CT molecular complexity index is 470. The Labute approximate surface area is 99.0 Å². The Kier molecular flexibility index (Phi) is 3.50. The van der Waals surface area contributed by atoms with E-state index in [9.17, 15) is 14.0 Å².